The van der Waals surface area contributed by atoms with E-state index in [0.29, 0.717) is 20.1 Å². The number of hydrogen-bond acceptors (Lipinski definition) is 9. The van der Waals surface area contributed by atoms with Gasteiger partial charge in [0.1, 0.15) is 11.5 Å². The van der Waals surface area contributed by atoms with Crippen molar-refractivity contribution in [2.75, 3.05) is 27.3 Å². The first kappa shape index (κ1) is 24.9. The Morgan fingerprint density at radius 3 is 1.52 bits per heavy atom. The molecule has 180 valence electrons. The molecule has 1 saturated heterocycles. The normalized spacial score (nSPS) is 20.2. The fourth-order valence-corrected chi connectivity index (χ4v) is 6.60. The lowest BCUT2D eigenvalue weighted by Crippen LogP contribution is -2.66. The largest absolute Gasteiger partial charge is 0.497 e. The number of hydroxylamine groups is 1. The van der Waals surface area contributed by atoms with Crippen LogP contribution in [0.25, 0.3) is 0 Å². The molecule has 1 heterocycles. The van der Waals surface area contributed by atoms with E-state index in [-0.39, 0.29) is 9.79 Å². The molecule has 0 spiro atoms. The number of ether oxygens (including phenoxy) is 2. The third-order valence-electron chi connectivity index (χ3n) is 5.00. The van der Waals surface area contributed by atoms with Crippen LogP contribution in [0, 0.1) is 0 Å². The molecule has 3 N–H and O–H groups in total. The van der Waals surface area contributed by atoms with Crippen molar-refractivity contribution >= 4 is 26.0 Å². The average molecular weight is 502 g/mol. The van der Waals surface area contributed by atoms with Crippen molar-refractivity contribution in [3.63, 3.8) is 0 Å². The minimum atomic E-state index is -4.49. The first-order valence-corrected chi connectivity index (χ1v) is 12.4. The maximum absolute atomic E-state index is 13.3. The summed E-state index contributed by atoms with van der Waals surface area (Å²) in [5, 5.41) is 19.6. The maximum Gasteiger partial charge on any atom is 0.277 e. The number of benzene rings is 2. The van der Waals surface area contributed by atoms with E-state index in [1.54, 1.807) is 0 Å². The molecule has 0 unspecified atom stereocenters. The Kier molecular flexibility index (Phi) is 7.26. The zero-order valence-electron chi connectivity index (χ0n) is 17.7. The summed E-state index contributed by atoms with van der Waals surface area (Å²) in [6.45, 7) is -1.16. The summed E-state index contributed by atoms with van der Waals surface area (Å²) in [7, 11) is -6.19. The molecule has 0 saturated carbocycles. The number of amides is 1. The molecule has 1 fully saturated rings. The molecule has 0 aromatic heterocycles. The van der Waals surface area contributed by atoms with Crippen LogP contribution >= 0.6 is 0 Å². The standard InChI is InChI=1S/C19H23N3O9S2/c1-30-14-3-7-16(8-4-14)32(26,27)21-11-13(23)12-22(19(21)18(24)20-25)33(28,29)17-9-5-15(31-2)6-10-17/h3-10,13,19,23,25H,11-12H2,1-2H3,(H,20,24). The van der Waals surface area contributed by atoms with Gasteiger partial charge in [0, 0.05) is 13.1 Å². The molecule has 33 heavy (non-hydrogen) atoms. The Balaban J connectivity index is 2.10. The van der Waals surface area contributed by atoms with Crippen molar-refractivity contribution in [1.29, 1.82) is 0 Å². The monoisotopic (exact) mass is 501 g/mol. The van der Waals surface area contributed by atoms with E-state index in [4.69, 9.17) is 9.47 Å². The molecular formula is C19H23N3O9S2. The third kappa shape index (κ3) is 4.80. The molecule has 14 heteroatoms. The van der Waals surface area contributed by atoms with Gasteiger partial charge in [0.2, 0.25) is 20.0 Å². The van der Waals surface area contributed by atoms with E-state index in [9.17, 15) is 31.9 Å². The van der Waals surface area contributed by atoms with Crippen molar-refractivity contribution in [3.05, 3.63) is 48.5 Å². The highest BCUT2D eigenvalue weighted by Crippen LogP contribution is 2.30. The Morgan fingerprint density at radius 2 is 1.21 bits per heavy atom. The molecule has 0 radical (unpaired) electrons. The lowest BCUT2D eigenvalue weighted by atomic mass is 10.2. The fraction of sp³-hybridized carbons (Fsp3) is 0.316. The summed E-state index contributed by atoms with van der Waals surface area (Å²) in [6, 6.07) is 10.4. The second kappa shape index (κ2) is 9.62. The molecule has 0 bridgehead atoms. The molecule has 1 aliphatic rings. The summed E-state index contributed by atoms with van der Waals surface area (Å²) in [5.74, 6) is -0.557. The second-order valence-electron chi connectivity index (χ2n) is 7.00. The highest BCUT2D eigenvalue weighted by atomic mass is 32.2. The summed E-state index contributed by atoms with van der Waals surface area (Å²) >= 11 is 0. The molecule has 2 aromatic carbocycles. The number of nitrogens with one attached hydrogen (secondary N) is 1. The summed E-state index contributed by atoms with van der Waals surface area (Å²) in [6.07, 6.45) is -3.45. The van der Waals surface area contributed by atoms with E-state index in [1.807, 2.05) is 0 Å². The van der Waals surface area contributed by atoms with Crippen LogP contribution in [0.3, 0.4) is 0 Å². The lowest BCUT2D eigenvalue weighted by molar-refractivity contribution is -0.139. The van der Waals surface area contributed by atoms with Gasteiger partial charge in [0.15, 0.2) is 6.17 Å². The van der Waals surface area contributed by atoms with Crippen LogP contribution in [0.5, 0.6) is 11.5 Å². The van der Waals surface area contributed by atoms with E-state index in [2.05, 4.69) is 0 Å². The quantitative estimate of drug-likeness (QED) is 0.338. The van der Waals surface area contributed by atoms with Gasteiger partial charge in [0.05, 0.1) is 30.1 Å². The third-order valence-corrected chi connectivity index (χ3v) is 8.67. The number of nitrogens with zero attached hydrogens (tertiary/aromatic N) is 2. The van der Waals surface area contributed by atoms with Crippen LogP contribution in [0.15, 0.2) is 58.3 Å². The van der Waals surface area contributed by atoms with Crippen LogP contribution in [0.2, 0.25) is 0 Å². The molecule has 1 aliphatic heterocycles. The van der Waals surface area contributed by atoms with Gasteiger partial charge in [-0.25, -0.2) is 22.3 Å². The van der Waals surface area contributed by atoms with E-state index < -0.39 is 51.3 Å². The van der Waals surface area contributed by atoms with Gasteiger partial charge in [0.25, 0.3) is 5.91 Å². The topological polar surface area (TPSA) is 163 Å². The number of carbonyl (C=O) groups is 1. The van der Waals surface area contributed by atoms with Crippen LogP contribution in [-0.2, 0) is 24.8 Å². The van der Waals surface area contributed by atoms with Crippen molar-refractivity contribution < 1.29 is 41.4 Å². The average Bonchev–Trinajstić information content (AvgIpc) is 2.83. The first-order valence-electron chi connectivity index (χ1n) is 9.50. The zero-order valence-corrected chi connectivity index (χ0v) is 19.3. The summed E-state index contributed by atoms with van der Waals surface area (Å²) < 4.78 is 64.4. The van der Waals surface area contributed by atoms with Crippen LogP contribution in [0.1, 0.15) is 0 Å². The smallest absolute Gasteiger partial charge is 0.277 e. The van der Waals surface area contributed by atoms with Gasteiger partial charge in [-0.1, -0.05) is 0 Å². The number of aliphatic hydroxyl groups excluding tert-OH is 1. The number of rotatable bonds is 7. The Morgan fingerprint density at radius 1 is 0.848 bits per heavy atom. The second-order valence-corrected chi connectivity index (χ2v) is 10.8. The van der Waals surface area contributed by atoms with Crippen molar-refractivity contribution in [2.45, 2.75) is 22.1 Å². The van der Waals surface area contributed by atoms with Crippen molar-refractivity contribution in [1.82, 2.24) is 14.1 Å². The highest BCUT2D eigenvalue weighted by Gasteiger charge is 2.49. The number of hydrogen-bond donors (Lipinski definition) is 3. The maximum atomic E-state index is 13.3. The Hall–Kier alpha value is -2.75. The molecule has 3 rings (SSSR count). The van der Waals surface area contributed by atoms with E-state index >= 15 is 0 Å². The number of methoxy groups -OCH3 is 2. The SMILES string of the molecule is COc1ccc(S(=O)(=O)N2CC(O)CN(S(=O)(=O)c3ccc(OC)cc3)C2C(=O)NO)cc1. The predicted molar refractivity (Wildman–Crippen MR) is 113 cm³/mol. The van der Waals surface area contributed by atoms with Gasteiger partial charge in [-0.2, -0.15) is 8.61 Å². The van der Waals surface area contributed by atoms with Crippen molar-refractivity contribution in [2.24, 2.45) is 0 Å². The molecular weight excluding hydrogens is 478 g/mol. The zero-order chi connectivity index (χ0) is 24.4. The predicted octanol–water partition coefficient (Wildman–Crippen LogP) is -0.409. The van der Waals surface area contributed by atoms with Crippen LogP contribution < -0.4 is 15.0 Å². The minimum absolute atomic E-state index is 0.269. The van der Waals surface area contributed by atoms with Gasteiger partial charge in [-0.15, -0.1) is 0 Å². The Labute approximate surface area is 191 Å². The molecule has 12 nitrogen and oxygen atoms in total. The van der Waals surface area contributed by atoms with Gasteiger partial charge in [-0.3, -0.25) is 10.0 Å². The number of β-amino-alcohol motifs (C(OH)–C–C–N with tert-alkyl or cyclic N) is 1. The van der Waals surface area contributed by atoms with Gasteiger partial charge in [-0.05, 0) is 48.5 Å². The number of aliphatic hydroxyl groups is 1. The lowest BCUT2D eigenvalue weighted by Gasteiger charge is -2.42. The molecule has 1 amide bonds. The minimum Gasteiger partial charge on any atom is -0.497 e. The molecule has 2 aromatic rings. The van der Waals surface area contributed by atoms with Gasteiger partial charge < -0.3 is 14.6 Å². The van der Waals surface area contributed by atoms with Crippen molar-refractivity contribution in [3.8, 4) is 11.5 Å². The first-order chi connectivity index (χ1) is 15.6. The Bertz CT molecular complexity index is 1110. The summed E-state index contributed by atoms with van der Waals surface area (Å²) in [5.41, 5.74) is 1.32. The van der Waals surface area contributed by atoms with Gasteiger partial charge >= 0.3 is 0 Å². The number of carbonyl (C=O) groups excluding carboxylic acids is 1. The van der Waals surface area contributed by atoms with Crippen LogP contribution in [0.4, 0.5) is 0 Å². The van der Waals surface area contributed by atoms with Crippen LogP contribution in [-0.4, -0.2) is 81.2 Å². The number of sulfonamides is 2. The molecule has 0 aliphatic carbocycles. The van der Waals surface area contributed by atoms with E-state index in [0.717, 1.165) is 0 Å². The summed E-state index contributed by atoms with van der Waals surface area (Å²) in [4.78, 5) is 12.0. The molecule has 0 atom stereocenters. The fourth-order valence-electron chi connectivity index (χ4n) is 3.36. The van der Waals surface area contributed by atoms with E-state index in [1.165, 1.54) is 68.2 Å². The highest BCUT2D eigenvalue weighted by molar-refractivity contribution is 7.90.